The first-order chi connectivity index (χ1) is 16.1. The number of rotatable bonds is 7. The minimum Gasteiger partial charge on any atom is -0.352 e. The van der Waals surface area contributed by atoms with Gasteiger partial charge in [0.25, 0.3) is 10.1 Å². The van der Waals surface area contributed by atoms with Crippen molar-refractivity contribution in [1.82, 2.24) is 0 Å². The molecule has 194 valence electrons. The van der Waals surface area contributed by atoms with Crippen molar-refractivity contribution in [3.8, 4) is 0 Å². The average molecular weight is 526 g/mol. The Kier molecular flexibility index (Phi) is 8.19. The highest BCUT2D eigenvalue weighted by molar-refractivity contribution is 7.85. The van der Waals surface area contributed by atoms with Crippen molar-refractivity contribution in [1.29, 1.82) is 0 Å². The van der Waals surface area contributed by atoms with Gasteiger partial charge in [0, 0.05) is 5.92 Å². The Bertz CT molecular complexity index is 1070. The zero-order chi connectivity index (χ0) is 26.0. The van der Waals surface area contributed by atoms with E-state index in [0.29, 0.717) is 24.1 Å². The number of hydrogen-bond acceptors (Lipinski definition) is 5. The Labute approximate surface area is 199 Å². The normalized spacial score (nSPS) is 22.7. The fourth-order valence-corrected chi connectivity index (χ4v) is 4.38. The maximum Gasteiger partial charge on any atom is 0.416 e. The van der Waals surface area contributed by atoms with E-state index in [1.807, 2.05) is 0 Å². The summed E-state index contributed by atoms with van der Waals surface area (Å²) in [4.78, 5) is 0. The van der Waals surface area contributed by atoms with E-state index < -0.39 is 57.8 Å². The zero-order valence-electron chi connectivity index (χ0n) is 18.8. The number of halogens is 6. The molecule has 2 aromatic carbocycles. The molecule has 0 aliphatic carbocycles. The molecule has 1 aliphatic heterocycles. The van der Waals surface area contributed by atoms with Crippen LogP contribution in [-0.2, 0) is 36.1 Å². The number of hydrogen-bond donors (Lipinski definition) is 0. The van der Waals surface area contributed by atoms with Crippen LogP contribution in [0, 0.1) is 5.92 Å². The Morgan fingerprint density at radius 2 is 1.57 bits per heavy atom. The van der Waals surface area contributed by atoms with Crippen molar-refractivity contribution in [3.63, 3.8) is 0 Å². The quantitative estimate of drug-likeness (QED) is 0.331. The molecule has 1 aliphatic rings. The maximum absolute atomic E-state index is 13.3. The smallest absolute Gasteiger partial charge is 0.352 e. The van der Waals surface area contributed by atoms with Gasteiger partial charge in [0.05, 0.1) is 36.7 Å². The summed E-state index contributed by atoms with van der Waals surface area (Å²) in [6, 6.07) is 10.0. The summed E-state index contributed by atoms with van der Waals surface area (Å²) < 4.78 is 119. The van der Waals surface area contributed by atoms with Crippen LogP contribution in [0.1, 0.15) is 47.6 Å². The van der Waals surface area contributed by atoms with E-state index in [0.717, 1.165) is 6.26 Å². The van der Waals surface area contributed by atoms with Crippen LogP contribution in [0.25, 0.3) is 0 Å². The molecule has 12 heteroatoms. The van der Waals surface area contributed by atoms with Crippen LogP contribution in [0.5, 0.6) is 0 Å². The Morgan fingerprint density at radius 1 is 1.00 bits per heavy atom. The first kappa shape index (κ1) is 27.4. The molecule has 4 atom stereocenters. The number of ether oxygens (including phenoxy) is 2. The highest BCUT2D eigenvalue weighted by Crippen LogP contribution is 2.41. The third kappa shape index (κ3) is 7.42. The second-order valence-electron chi connectivity index (χ2n) is 8.33. The summed E-state index contributed by atoms with van der Waals surface area (Å²) in [5.74, 6) is -0.979. The summed E-state index contributed by atoms with van der Waals surface area (Å²) in [6.07, 6.45) is -10.9. The fourth-order valence-electron chi connectivity index (χ4n) is 3.96. The average Bonchev–Trinajstić information content (AvgIpc) is 2.76. The Morgan fingerprint density at radius 3 is 2.09 bits per heavy atom. The number of benzene rings is 2. The van der Waals surface area contributed by atoms with Crippen molar-refractivity contribution in [2.75, 3.05) is 19.5 Å². The van der Waals surface area contributed by atoms with Gasteiger partial charge in [0.2, 0.25) is 0 Å². The van der Waals surface area contributed by atoms with Crippen LogP contribution in [0.3, 0.4) is 0 Å². The molecule has 2 aromatic rings. The lowest BCUT2D eigenvalue weighted by molar-refractivity contribution is -0.211. The van der Waals surface area contributed by atoms with Crippen LogP contribution in [-0.4, -0.2) is 34.2 Å². The molecule has 35 heavy (non-hydrogen) atoms. The molecule has 0 radical (unpaired) electrons. The van der Waals surface area contributed by atoms with E-state index in [4.69, 9.17) is 13.7 Å². The summed E-state index contributed by atoms with van der Waals surface area (Å²) in [5.41, 5.74) is -2.51. The monoisotopic (exact) mass is 526 g/mol. The topological polar surface area (TPSA) is 61.8 Å². The summed E-state index contributed by atoms with van der Waals surface area (Å²) in [6.45, 7) is 1.28. The van der Waals surface area contributed by atoms with E-state index >= 15 is 0 Å². The van der Waals surface area contributed by atoms with Crippen molar-refractivity contribution < 1.29 is 48.4 Å². The molecule has 3 rings (SSSR count). The van der Waals surface area contributed by atoms with Gasteiger partial charge in [-0.25, -0.2) is 0 Å². The molecule has 5 nitrogen and oxygen atoms in total. The highest BCUT2D eigenvalue weighted by atomic mass is 32.2. The van der Waals surface area contributed by atoms with E-state index in [1.54, 1.807) is 30.3 Å². The van der Waals surface area contributed by atoms with E-state index in [-0.39, 0.29) is 24.8 Å². The van der Waals surface area contributed by atoms with Crippen molar-refractivity contribution in [2.24, 2.45) is 5.92 Å². The molecular weight excluding hydrogens is 502 g/mol. The fraction of sp³-hybridized carbons (Fsp3) is 0.478. The SMILES string of the molecule is CC(OC1OCCC(COS(C)(=O)=O)C1c1ccccc1)c1cc(C(F)(F)F)cc(C(F)(F)F)c1. The van der Waals surface area contributed by atoms with E-state index in [9.17, 15) is 34.8 Å². The molecule has 0 N–H and O–H groups in total. The van der Waals surface area contributed by atoms with Gasteiger partial charge in [-0.15, -0.1) is 0 Å². The van der Waals surface area contributed by atoms with Crippen LogP contribution >= 0.6 is 0 Å². The molecule has 4 unspecified atom stereocenters. The molecule has 0 spiro atoms. The van der Waals surface area contributed by atoms with Gasteiger partial charge in [-0.05, 0) is 48.6 Å². The molecule has 1 saturated heterocycles. The minimum atomic E-state index is -4.99. The van der Waals surface area contributed by atoms with Crippen LogP contribution in [0.2, 0.25) is 0 Å². The zero-order valence-corrected chi connectivity index (χ0v) is 19.6. The molecule has 0 amide bonds. The van der Waals surface area contributed by atoms with Crippen LogP contribution in [0.4, 0.5) is 26.3 Å². The standard InChI is InChI=1S/C23H24F6O5S/c1-14(17-10-18(22(24,25)26)12-19(11-17)23(27,28)29)34-21-20(15-6-4-3-5-7-15)16(8-9-32-21)13-33-35(2,30)31/h3-7,10-12,14,16,20-21H,8-9,13H2,1-2H3. The highest BCUT2D eigenvalue weighted by Gasteiger charge is 2.40. The largest absolute Gasteiger partial charge is 0.416 e. The predicted molar refractivity (Wildman–Crippen MR) is 114 cm³/mol. The van der Waals surface area contributed by atoms with Gasteiger partial charge in [0.1, 0.15) is 0 Å². The van der Waals surface area contributed by atoms with Gasteiger partial charge in [0.15, 0.2) is 6.29 Å². The van der Waals surface area contributed by atoms with Gasteiger partial charge in [-0.1, -0.05) is 30.3 Å². The van der Waals surface area contributed by atoms with Crippen molar-refractivity contribution >= 4 is 10.1 Å². The van der Waals surface area contributed by atoms with Crippen molar-refractivity contribution in [3.05, 3.63) is 70.8 Å². The molecule has 1 fully saturated rings. The van der Waals surface area contributed by atoms with E-state index in [1.165, 1.54) is 6.92 Å². The Balaban J connectivity index is 1.93. The van der Waals surface area contributed by atoms with E-state index in [2.05, 4.69) is 0 Å². The second-order valence-corrected chi connectivity index (χ2v) is 9.97. The van der Waals surface area contributed by atoms with Gasteiger partial charge < -0.3 is 9.47 Å². The maximum atomic E-state index is 13.3. The lowest BCUT2D eigenvalue weighted by atomic mass is 9.82. The van der Waals surface area contributed by atoms with Gasteiger partial charge in [-0.3, -0.25) is 4.18 Å². The van der Waals surface area contributed by atoms with Crippen LogP contribution in [0.15, 0.2) is 48.5 Å². The molecule has 0 bridgehead atoms. The van der Waals surface area contributed by atoms with Crippen LogP contribution < -0.4 is 0 Å². The third-order valence-corrected chi connectivity index (χ3v) is 6.23. The first-order valence-electron chi connectivity index (χ1n) is 10.6. The lowest BCUT2D eigenvalue weighted by Gasteiger charge is -2.39. The molecule has 0 saturated carbocycles. The number of alkyl halides is 6. The van der Waals surface area contributed by atoms with Gasteiger partial charge >= 0.3 is 12.4 Å². The second kappa shape index (κ2) is 10.5. The first-order valence-corrected chi connectivity index (χ1v) is 12.4. The Hall–Kier alpha value is -2.15. The molecular formula is C23H24F6O5S. The molecule has 0 aromatic heterocycles. The lowest BCUT2D eigenvalue weighted by Crippen LogP contribution is -2.39. The minimum absolute atomic E-state index is 0.0542. The summed E-state index contributed by atoms with van der Waals surface area (Å²) in [5, 5.41) is 0. The van der Waals surface area contributed by atoms with Crippen molar-refractivity contribution in [2.45, 2.75) is 44.0 Å². The molecule has 1 heterocycles. The third-order valence-electron chi connectivity index (χ3n) is 5.67. The predicted octanol–water partition coefficient (Wildman–Crippen LogP) is 5.92. The van der Waals surface area contributed by atoms with Gasteiger partial charge in [-0.2, -0.15) is 34.8 Å². The summed E-state index contributed by atoms with van der Waals surface area (Å²) >= 11 is 0. The summed E-state index contributed by atoms with van der Waals surface area (Å²) in [7, 11) is -3.74.